The lowest BCUT2D eigenvalue weighted by Crippen LogP contribution is -2.39. The molecular weight excluding hydrogens is 280 g/mol. The first-order valence-electron chi connectivity index (χ1n) is 7.84. The largest absolute Gasteiger partial charge is 0.390 e. The molecule has 0 saturated carbocycles. The van der Waals surface area contributed by atoms with E-state index in [1.165, 1.54) is 37.2 Å². The molecule has 4 heteroatoms. The van der Waals surface area contributed by atoms with Gasteiger partial charge in [-0.25, -0.2) is 0 Å². The number of rotatable bonds is 5. The fourth-order valence-corrected chi connectivity index (χ4v) is 3.99. The molecule has 2 heterocycles. The molecule has 1 fully saturated rings. The highest BCUT2D eigenvalue weighted by Crippen LogP contribution is 2.23. The molecule has 1 aromatic carbocycles. The van der Waals surface area contributed by atoms with E-state index in [-0.39, 0.29) is 6.10 Å². The quantitative estimate of drug-likeness (QED) is 0.835. The van der Waals surface area contributed by atoms with Gasteiger partial charge in [-0.15, -0.1) is 0 Å². The Labute approximate surface area is 131 Å². The molecule has 0 aliphatic carbocycles. The lowest BCUT2D eigenvalue weighted by atomic mass is 9.98. The number of benzene rings is 1. The van der Waals surface area contributed by atoms with Gasteiger partial charge in [0.2, 0.25) is 0 Å². The number of thioether (sulfide) groups is 1. The molecule has 2 aliphatic rings. The van der Waals surface area contributed by atoms with Crippen LogP contribution in [0.4, 0.5) is 0 Å². The van der Waals surface area contributed by atoms with Crippen molar-refractivity contribution in [3.8, 4) is 0 Å². The van der Waals surface area contributed by atoms with E-state index in [2.05, 4.69) is 40.6 Å². The molecule has 1 aromatic rings. The summed E-state index contributed by atoms with van der Waals surface area (Å²) < 4.78 is 0. The van der Waals surface area contributed by atoms with Crippen LogP contribution in [0, 0.1) is 5.92 Å². The summed E-state index contributed by atoms with van der Waals surface area (Å²) in [5, 5.41) is 4.28. The van der Waals surface area contributed by atoms with Crippen molar-refractivity contribution in [3.05, 3.63) is 35.9 Å². The van der Waals surface area contributed by atoms with Gasteiger partial charge in [0.15, 0.2) is 0 Å². The number of piperidine rings is 1. The summed E-state index contributed by atoms with van der Waals surface area (Å²) in [6.07, 6.45) is 6.05. The van der Waals surface area contributed by atoms with Gasteiger partial charge < -0.3 is 4.84 Å². The highest BCUT2D eigenvalue weighted by molar-refractivity contribution is 7.98. The maximum absolute atomic E-state index is 5.64. The number of hydrogen-bond donors (Lipinski definition) is 0. The highest BCUT2D eigenvalue weighted by Gasteiger charge is 2.26. The number of oxime groups is 1. The molecule has 21 heavy (non-hydrogen) atoms. The van der Waals surface area contributed by atoms with Crippen molar-refractivity contribution >= 4 is 17.5 Å². The van der Waals surface area contributed by atoms with E-state index in [4.69, 9.17) is 4.84 Å². The zero-order chi connectivity index (χ0) is 14.5. The van der Waals surface area contributed by atoms with E-state index in [1.807, 2.05) is 17.8 Å². The van der Waals surface area contributed by atoms with E-state index in [0.29, 0.717) is 0 Å². The Balaban J connectivity index is 1.44. The van der Waals surface area contributed by atoms with Gasteiger partial charge >= 0.3 is 0 Å². The van der Waals surface area contributed by atoms with Crippen molar-refractivity contribution in [2.75, 3.05) is 31.6 Å². The standard InChI is InChI=1S/C17H24N2OS/c1-21-13-14-7-9-19(10-8-14)12-16-11-17(18-20-16)15-5-3-2-4-6-15/h2-6,14,16H,7-13H2,1H3/t16-/m0/s1. The van der Waals surface area contributed by atoms with Crippen molar-refractivity contribution in [3.63, 3.8) is 0 Å². The van der Waals surface area contributed by atoms with Gasteiger partial charge in [0.25, 0.3) is 0 Å². The van der Waals surface area contributed by atoms with Crippen LogP contribution in [-0.2, 0) is 4.84 Å². The smallest absolute Gasteiger partial charge is 0.145 e. The maximum Gasteiger partial charge on any atom is 0.145 e. The number of hydrogen-bond acceptors (Lipinski definition) is 4. The highest BCUT2D eigenvalue weighted by atomic mass is 32.2. The molecular formula is C17H24N2OS. The summed E-state index contributed by atoms with van der Waals surface area (Å²) in [5.74, 6) is 2.23. The Morgan fingerprint density at radius 3 is 2.71 bits per heavy atom. The zero-order valence-electron chi connectivity index (χ0n) is 12.7. The fourth-order valence-electron chi connectivity index (χ4n) is 3.19. The topological polar surface area (TPSA) is 24.8 Å². The summed E-state index contributed by atoms with van der Waals surface area (Å²) in [6.45, 7) is 3.45. The van der Waals surface area contributed by atoms with Gasteiger partial charge in [0.1, 0.15) is 6.10 Å². The monoisotopic (exact) mass is 304 g/mol. The Hall–Kier alpha value is -1.00. The second kappa shape index (κ2) is 7.32. The van der Waals surface area contributed by atoms with Crippen LogP contribution < -0.4 is 0 Å². The van der Waals surface area contributed by atoms with Gasteiger partial charge in [0, 0.05) is 13.0 Å². The van der Waals surface area contributed by atoms with Crippen molar-refractivity contribution in [2.45, 2.75) is 25.4 Å². The molecule has 114 valence electrons. The SMILES string of the molecule is CSCC1CCN(C[C@@H]2CC(c3ccccc3)=NO2)CC1. The second-order valence-corrected chi connectivity index (χ2v) is 6.95. The number of likely N-dealkylation sites (tertiary alicyclic amines) is 1. The Kier molecular flexibility index (Phi) is 5.20. The Morgan fingerprint density at radius 2 is 2.00 bits per heavy atom. The van der Waals surface area contributed by atoms with Gasteiger partial charge in [-0.3, -0.25) is 4.90 Å². The van der Waals surface area contributed by atoms with E-state index in [1.54, 1.807) is 0 Å². The van der Waals surface area contributed by atoms with Crippen molar-refractivity contribution < 1.29 is 4.84 Å². The van der Waals surface area contributed by atoms with E-state index in [0.717, 1.165) is 24.6 Å². The summed E-state index contributed by atoms with van der Waals surface area (Å²) in [4.78, 5) is 8.19. The average molecular weight is 304 g/mol. The summed E-state index contributed by atoms with van der Waals surface area (Å²) in [6, 6.07) is 10.4. The third kappa shape index (κ3) is 4.01. The molecule has 1 saturated heterocycles. The van der Waals surface area contributed by atoms with Crippen LogP contribution in [0.25, 0.3) is 0 Å². The van der Waals surface area contributed by atoms with Gasteiger partial charge in [-0.1, -0.05) is 35.5 Å². The van der Waals surface area contributed by atoms with E-state index < -0.39 is 0 Å². The first-order valence-corrected chi connectivity index (χ1v) is 9.24. The maximum atomic E-state index is 5.64. The van der Waals surface area contributed by atoms with E-state index >= 15 is 0 Å². The minimum atomic E-state index is 0.234. The molecule has 0 unspecified atom stereocenters. The molecule has 0 aromatic heterocycles. The Bertz CT molecular complexity index is 469. The third-order valence-electron chi connectivity index (χ3n) is 4.41. The van der Waals surface area contributed by atoms with Crippen molar-refractivity contribution in [1.29, 1.82) is 0 Å². The average Bonchev–Trinajstić information content (AvgIpc) is 2.99. The van der Waals surface area contributed by atoms with Crippen LogP contribution in [0.2, 0.25) is 0 Å². The normalized spacial score (nSPS) is 23.9. The van der Waals surface area contributed by atoms with Crippen LogP contribution in [0.1, 0.15) is 24.8 Å². The Morgan fingerprint density at radius 1 is 1.24 bits per heavy atom. The second-order valence-electron chi connectivity index (χ2n) is 6.03. The molecule has 0 amide bonds. The van der Waals surface area contributed by atoms with Gasteiger partial charge in [0.05, 0.1) is 5.71 Å². The lowest BCUT2D eigenvalue weighted by Gasteiger charge is -2.32. The molecule has 0 bridgehead atoms. The predicted molar refractivity (Wildman–Crippen MR) is 90.0 cm³/mol. The van der Waals surface area contributed by atoms with Crippen LogP contribution in [-0.4, -0.2) is 48.4 Å². The lowest BCUT2D eigenvalue weighted by molar-refractivity contribution is 0.0432. The fraction of sp³-hybridized carbons (Fsp3) is 0.588. The zero-order valence-corrected chi connectivity index (χ0v) is 13.5. The van der Waals surface area contributed by atoms with E-state index in [9.17, 15) is 0 Å². The molecule has 2 aliphatic heterocycles. The predicted octanol–water partition coefficient (Wildman–Crippen LogP) is 3.25. The minimum Gasteiger partial charge on any atom is -0.390 e. The van der Waals surface area contributed by atoms with Gasteiger partial charge in [-0.2, -0.15) is 11.8 Å². The van der Waals surface area contributed by atoms with Crippen LogP contribution in [0.15, 0.2) is 35.5 Å². The van der Waals surface area contributed by atoms with Crippen molar-refractivity contribution in [1.82, 2.24) is 4.90 Å². The molecule has 3 nitrogen and oxygen atoms in total. The summed E-state index contributed by atoms with van der Waals surface area (Å²) in [5.41, 5.74) is 2.29. The summed E-state index contributed by atoms with van der Waals surface area (Å²) in [7, 11) is 0. The van der Waals surface area contributed by atoms with Crippen LogP contribution in [0.3, 0.4) is 0 Å². The number of nitrogens with zero attached hydrogens (tertiary/aromatic N) is 2. The van der Waals surface area contributed by atoms with Crippen LogP contribution in [0.5, 0.6) is 0 Å². The van der Waals surface area contributed by atoms with Gasteiger partial charge in [-0.05, 0) is 49.4 Å². The van der Waals surface area contributed by atoms with Crippen molar-refractivity contribution in [2.24, 2.45) is 11.1 Å². The first-order chi connectivity index (χ1) is 10.3. The molecule has 0 radical (unpaired) electrons. The molecule has 0 spiro atoms. The van der Waals surface area contributed by atoms with Crippen LogP contribution >= 0.6 is 11.8 Å². The third-order valence-corrected chi connectivity index (χ3v) is 5.22. The molecule has 1 atom stereocenters. The molecule has 3 rings (SSSR count). The first kappa shape index (κ1) is 14.9. The minimum absolute atomic E-state index is 0.234. The molecule has 0 N–H and O–H groups in total. The summed E-state index contributed by atoms with van der Waals surface area (Å²) >= 11 is 1.98.